The molecule has 0 radical (unpaired) electrons. The third kappa shape index (κ3) is 3.49. The van der Waals surface area contributed by atoms with Crippen LogP contribution < -0.4 is 10.6 Å². The Balaban J connectivity index is 1.96. The fourth-order valence-electron chi connectivity index (χ4n) is 3.24. The molecular formula is C16H28N4. The second kappa shape index (κ2) is 6.55. The quantitative estimate of drug-likeness (QED) is 0.893. The van der Waals surface area contributed by atoms with Crippen LogP contribution in [0.15, 0.2) is 24.4 Å². The number of pyridine rings is 1. The molecule has 1 atom stereocenters. The van der Waals surface area contributed by atoms with Crippen molar-refractivity contribution in [2.24, 2.45) is 11.7 Å². The van der Waals surface area contributed by atoms with Gasteiger partial charge in [-0.15, -0.1) is 0 Å². The fraction of sp³-hybridized carbons (Fsp3) is 0.688. The molecule has 0 amide bonds. The predicted molar refractivity (Wildman–Crippen MR) is 84.9 cm³/mol. The summed E-state index contributed by atoms with van der Waals surface area (Å²) in [7, 11) is 0. The molecule has 1 aliphatic rings. The summed E-state index contributed by atoms with van der Waals surface area (Å²) in [5, 5.41) is 0. The van der Waals surface area contributed by atoms with Crippen LogP contribution in [0.3, 0.4) is 0 Å². The van der Waals surface area contributed by atoms with Gasteiger partial charge in [-0.05, 0) is 31.4 Å². The second-order valence-corrected chi connectivity index (χ2v) is 6.46. The topological polar surface area (TPSA) is 45.4 Å². The minimum absolute atomic E-state index is 0.129. The van der Waals surface area contributed by atoms with Crippen LogP contribution in [-0.4, -0.2) is 48.1 Å². The molecule has 0 bridgehead atoms. The van der Waals surface area contributed by atoms with Crippen molar-refractivity contribution in [3.05, 3.63) is 24.4 Å². The third-order valence-electron chi connectivity index (χ3n) is 4.30. The molecule has 1 fully saturated rings. The standard InChI is InChI=1S/C16H28N4/c1-14(2)12-16(3,13-17)20-10-8-19(9-11-20)15-6-4-5-7-18-15/h4-7,14H,8-13,17H2,1-3H3. The van der Waals surface area contributed by atoms with Crippen molar-refractivity contribution in [3.63, 3.8) is 0 Å². The summed E-state index contributed by atoms with van der Waals surface area (Å²) >= 11 is 0. The van der Waals surface area contributed by atoms with Gasteiger partial charge in [-0.1, -0.05) is 19.9 Å². The Morgan fingerprint density at radius 2 is 1.95 bits per heavy atom. The van der Waals surface area contributed by atoms with Crippen LogP contribution in [0.25, 0.3) is 0 Å². The van der Waals surface area contributed by atoms with Gasteiger partial charge in [-0.25, -0.2) is 4.98 Å². The highest BCUT2D eigenvalue weighted by Crippen LogP contribution is 2.25. The number of nitrogens with two attached hydrogens (primary N) is 1. The molecule has 0 saturated carbocycles. The number of rotatable bonds is 5. The zero-order valence-corrected chi connectivity index (χ0v) is 13.0. The molecule has 112 valence electrons. The first-order chi connectivity index (χ1) is 9.55. The predicted octanol–water partition coefficient (Wildman–Crippen LogP) is 1.97. The van der Waals surface area contributed by atoms with Gasteiger partial charge in [0.1, 0.15) is 5.82 Å². The van der Waals surface area contributed by atoms with Gasteiger partial charge in [-0.2, -0.15) is 0 Å². The molecule has 1 aromatic heterocycles. The number of hydrogen-bond acceptors (Lipinski definition) is 4. The van der Waals surface area contributed by atoms with Gasteiger partial charge < -0.3 is 10.6 Å². The summed E-state index contributed by atoms with van der Waals surface area (Å²) in [4.78, 5) is 9.37. The van der Waals surface area contributed by atoms with Crippen LogP contribution in [0, 0.1) is 5.92 Å². The monoisotopic (exact) mass is 276 g/mol. The van der Waals surface area contributed by atoms with E-state index >= 15 is 0 Å². The van der Waals surface area contributed by atoms with Crippen molar-refractivity contribution in [2.75, 3.05) is 37.6 Å². The fourth-order valence-corrected chi connectivity index (χ4v) is 3.24. The SMILES string of the molecule is CC(C)CC(C)(CN)N1CCN(c2ccccn2)CC1. The molecule has 2 rings (SSSR count). The first-order valence-corrected chi connectivity index (χ1v) is 7.66. The van der Waals surface area contributed by atoms with E-state index in [1.165, 1.54) is 0 Å². The van der Waals surface area contributed by atoms with Gasteiger partial charge in [-0.3, -0.25) is 4.90 Å². The van der Waals surface area contributed by atoms with E-state index in [1.54, 1.807) is 0 Å². The lowest BCUT2D eigenvalue weighted by atomic mass is 9.88. The molecular weight excluding hydrogens is 248 g/mol. The number of nitrogens with zero attached hydrogens (tertiary/aromatic N) is 3. The Bertz CT molecular complexity index is 398. The maximum absolute atomic E-state index is 6.06. The molecule has 20 heavy (non-hydrogen) atoms. The molecule has 2 N–H and O–H groups in total. The summed E-state index contributed by atoms with van der Waals surface area (Å²) in [6.45, 7) is 11.8. The lowest BCUT2D eigenvalue weighted by molar-refractivity contribution is 0.0824. The Kier molecular flexibility index (Phi) is 5.00. The highest BCUT2D eigenvalue weighted by molar-refractivity contribution is 5.38. The largest absolute Gasteiger partial charge is 0.354 e. The zero-order chi connectivity index (χ0) is 14.6. The van der Waals surface area contributed by atoms with E-state index in [9.17, 15) is 0 Å². The highest BCUT2D eigenvalue weighted by Gasteiger charge is 2.33. The summed E-state index contributed by atoms with van der Waals surface area (Å²) in [6.07, 6.45) is 3.03. The van der Waals surface area contributed by atoms with Gasteiger partial charge in [0.25, 0.3) is 0 Å². The second-order valence-electron chi connectivity index (χ2n) is 6.46. The lowest BCUT2D eigenvalue weighted by Gasteiger charge is -2.46. The van der Waals surface area contributed by atoms with E-state index in [1.807, 2.05) is 12.3 Å². The normalized spacial score (nSPS) is 20.1. The summed E-state index contributed by atoms with van der Waals surface area (Å²) in [6, 6.07) is 6.11. The van der Waals surface area contributed by atoms with E-state index in [0.717, 1.165) is 45.0 Å². The van der Waals surface area contributed by atoms with Crippen molar-refractivity contribution in [1.82, 2.24) is 9.88 Å². The Morgan fingerprint density at radius 3 is 2.45 bits per heavy atom. The Morgan fingerprint density at radius 1 is 1.25 bits per heavy atom. The molecule has 1 saturated heterocycles. The first-order valence-electron chi connectivity index (χ1n) is 7.66. The van der Waals surface area contributed by atoms with E-state index in [-0.39, 0.29) is 5.54 Å². The molecule has 1 unspecified atom stereocenters. The van der Waals surface area contributed by atoms with Gasteiger partial charge in [0.15, 0.2) is 0 Å². The van der Waals surface area contributed by atoms with Crippen molar-refractivity contribution >= 4 is 5.82 Å². The van der Waals surface area contributed by atoms with Crippen LogP contribution in [0.2, 0.25) is 0 Å². The average Bonchev–Trinajstić information content (AvgIpc) is 2.47. The summed E-state index contributed by atoms with van der Waals surface area (Å²) in [5.74, 6) is 1.77. The highest BCUT2D eigenvalue weighted by atomic mass is 15.3. The number of anilines is 1. The van der Waals surface area contributed by atoms with Crippen LogP contribution in [0.1, 0.15) is 27.2 Å². The van der Waals surface area contributed by atoms with E-state index in [0.29, 0.717) is 5.92 Å². The molecule has 4 heteroatoms. The molecule has 0 spiro atoms. The third-order valence-corrected chi connectivity index (χ3v) is 4.30. The van der Waals surface area contributed by atoms with E-state index < -0.39 is 0 Å². The van der Waals surface area contributed by atoms with Crippen molar-refractivity contribution in [3.8, 4) is 0 Å². The maximum atomic E-state index is 6.06. The number of aromatic nitrogens is 1. The number of piperazine rings is 1. The molecule has 1 aromatic rings. The summed E-state index contributed by atoms with van der Waals surface area (Å²) < 4.78 is 0. The van der Waals surface area contributed by atoms with Crippen LogP contribution in [-0.2, 0) is 0 Å². The van der Waals surface area contributed by atoms with Gasteiger partial charge >= 0.3 is 0 Å². The zero-order valence-electron chi connectivity index (χ0n) is 13.0. The van der Waals surface area contributed by atoms with E-state index in [2.05, 4.69) is 47.7 Å². The summed E-state index contributed by atoms with van der Waals surface area (Å²) in [5.41, 5.74) is 6.19. The van der Waals surface area contributed by atoms with Gasteiger partial charge in [0.05, 0.1) is 0 Å². The van der Waals surface area contributed by atoms with Crippen molar-refractivity contribution in [1.29, 1.82) is 0 Å². The molecule has 4 nitrogen and oxygen atoms in total. The van der Waals surface area contributed by atoms with Gasteiger partial charge in [0, 0.05) is 44.5 Å². The smallest absolute Gasteiger partial charge is 0.128 e. The van der Waals surface area contributed by atoms with Crippen molar-refractivity contribution in [2.45, 2.75) is 32.7 Å². The maximum Gasteiger partial charge on any atom is 0.128 e. The molecule has 0 aromatic carbocycles. The lowest BCUT2D eigenvalue weighted by Crippen LogP contribution is -2.59. The van der Waals surface area contributed by atoms with Crippen molar-refractivity contribution < 1.29 is 0 Å². The Hall–Kier alpha value is -1.13. The Labute approximate surface area is 123 Å². The minimum Gasteiger partial charge on any atom is -0.354 e. The van der Waals surface area contributed by atoms with Crippen LogP contribution in [0.5, 0.6) is 0 Å². The number of hydrogen-bond donors (Lipinski definition) is 1. The molecule has 1 aliphatic heterocycles. The minimum atomic E-state index is 0.129. The van der Waals surface area contributed by atoms with Crippen LogP contribution in [0.4, 0.5) is 5.82 Å². The first kappa shape index (κ1) is 15.3. The van der Waals surface area contributed by atoms with Crippen LogP contribution >= 0.6 is 0 Å². The van der Waals surface area contributed by atoms with E-state index in [4.69, 9.17) is 5.73 Å². The molecule has 0 aliphatic carbocycles. The average molecular weight is 276 g/mol. The molecule has 2 heterocycles. The van der Waals surface area contributed by atoms with Gasteiger partial charge in [0.2, 0.25) is 0 Å².